The van der Waals surface area contributed by atoms with Crippen molar-refractivity contribution in [3.63, 3.8) is 0 Å². The van der Waals surface area contributed by atoms with E-state index in [-0.39, 0.29) is 11.4 Å². The second-order valence-corrected chi connectivity index (χ2v) is 11.6. The number of amides is 1. The van der Waals surface area contributed by atoms with Crippen molar-refractivity contribution in [1.82, 2.24) is 5.32 Å². The lowest BCUT2D eigenvalue weighted by molar-refractivity contribution is -0.119. The fraction of sp³-hybridized carbons (Fsp3) is 0.174. The lowest BCUT2D eigenvalue weighted by Crippen LogP contribution is -2.41. The van der Waals surface area contributed by atoms with E-state index in [1.54, 1.807) is 72.4 Å². The number of carbonyl (C=O) groups is 1. The summed E-state index contributed by atoms with van der Waals surface area (Å²) in [7, 11) is -3.93. The van der Waals surface area contributed by atoms with Crippen LogP contribution < -0.4 is 9.62 Å². The Morgan fingerprint density at radius 3 is 2.30 bits per heavy atom. The van der Waals surface area contributed by atoms with Gasteiger partial charge in [-0.25, -0.2) is 8.42 Å². The van der Waals surface area contributed by atoms with Gasteiger partial charge in [0.05, 0.1) is 10.6 Å². The molecule has 3 rings (SSSR count). The molecule has 1 N–H and O–H groups in total. The smallest absolute Gasteiger partial charge is 0.264 e. The molecular formula is C23H21BrCl2N2O3S2. The largest absolute Gasteiger partial charge is 0.354 e. The van der Waals surface area contributed by atoms with Crippen LogP contribution in [0.5, 0.6) is 0 Å². The van der Waals surface area contributed by atoms with Crippen molar-refractivity contribution in [3.8, 4) is 0 Å². The standard InChI is InChI=1S/C23H21BrCl2N2O3S2/c24-17-6-4-7-18(14-17)28(33(30,31)19-8-2-1-3-9-19)15-23(29)27-12-13-32-16-20-21(25)10-5-11-22(20)26/h1-11,14H,12-13,15-16H2,(H,27,29). The Hall–Kier alpha value is -1.71. The molecule has 0 saturated heterocycles. The minimum Gasteiger partial charge on any atom is -0.354 e. The van der Waals surface area contributed by atoms with Gasteiger partial charge in [0.1, 0.15) is 6.54 Å². The fourth-order valence-electron chi connectivity index (χ4n) is 2.96. The second kappa shape index (κ2) is 12.1. The molecule has 0 radical (unpaired) electrons. The Kier molecular flexibility index (Phi) is 9.52. The summed E-state index contributed by atoms with van der Waals surface area (Å²) in [6.45, 7) is 0.0397. The lowest BCUT2D eigenvalue weighted by Gasteiger charge is -2.24. The zero-order chi connectivity index (χ0) is 23.8. The predicted molar refractivity (Wildman–Crippen MR) is 141 cm³/mol. The summed E-state index contributed by atoms with van der Waals surface area (Å²) in [5.74, 6) is 0.835. The Morgan fingerprint density at radius 1 is 0.970 bits per heavy atom. The predicted octanol–water partition coefficient (Wildman–Crippen LogP) is 6.00. The molecule has 0 spiro atoms. The molecule has 0 saturated carbocycles. The Labute approximate surface area is 216 Å². The van der Waals surface area contributed by atoms with E-state index < -0.39 is 15.9 Å². The van der Waals surface area contributed by atoms with Crippen molar-refractivity contribution in [2.45, 2.75) is 10.6 Å². The Balaban J connectivity index is 1.63. The minimum atomic E-state index is -3.93. The number of rotatable bonds is 10. The van der Waals surface area contributed by atoms with Gasteiger partial charge >= 0.3 is 0 Å². The summed E-state index contributed by atoms with van der Waals surface area (Å²) in [5, 5.41) is 4.01. The maximum Gasteiger partial charge on any atom is 0.264 e. The van der Waals surface area contributed by atoms with E-state index in [9.17, 15) is 13.2 Å². The van der Waals surface area contributed by atoms with Crippen LogP contribution in [0.15, 0.2) is 82.2 Å². The van der Waals surface area contributed by atoms with Gasteiger partial charge in [-0.05, 0) is 48.0 Å². The van der Waals surface area contributed by atoms with Crippen molar-refractivity contribution in [2.24, 2.45) is 0 Å². The summed E-state index contributed by atoms with van der Waals surface area (Å²) in [5.41, 5.74) is 1.25. The third-order valence-corrected chi connectivity index (χ3v) is 8.57. The number of nitrogens with one attached hydrogen (secondary N) is 1. The van der Waals surface area contributed by atoms with Crippen molar-refractivity contribution >= 4 is 72.5 Å². The number of nitrogens with zero attached hydrogens (tertiary/aromatic N) is 1. The molecule has 3 aromatic rings. The first-order chi connectivity index (χ1) is 15.8. The van der Waals surface area contributed by atoms with Crippen LogP contribution in [0, 0.1) is 0 Å². The number of thioether (sulfide) groups is 1. The van der Waals surface area contributed by atoms with E-state index in [1.807, 2.05) is 0 Å². The zero-order valence-corrected chi connectivity index (χ0v) is 22.1. The van der Waals surface area contributed by atoms with E-state index in [4.69, 9.17) is 23.2 Å². The van der Waals surface area contributed by atoms with E-state index in [0.717, 1.165) is 9.87 Å². The van der Waals surface area contributed by atoms with E-state index >= 15 is 0 Å². The molecule has 0 bridgehead atoms. The highest BCUT2D eigenvalue weighted by Crippen LogP contribution is 2.28. The maximum atomic E-state index is 13.3. The molecule has 0 heterocycles. The number of hydrogen-bond acceptors (Lipinski definition) is 4. The molecule has 10 heteroatoms. The molecule has 0 aromatic heterocycles. The molecule has 1 amide bonds. The Morgan fingerprint density at radius 2 is 1.64 bits per heavy atom. The molecule has 33 heavy (non-hydrogen) atoms. The Bertz CT molecular complexity index is 1190. The van der Waals surface area contributed by atoms with Crippen LogP contribution in [0.4, 0.5) is 5.69 Å². The van der Waals surface area contributed by atoms with Crippen LogP contribution in [0.1, 0.15) is 5.56 Å². The first-order valence-electron chi connectivity index (χ1n) is 9.90. The molecule has 0 aliphatic heterocycles. The number of sulfonamides is 1. The fourth-order valence-corrected chi connectivity index (χ4v) is 6.38. The van der Waals surface area contributed by atoms with E-state index in [2.05, 4.69) is 21.2 Å². The van der Waals surface area contributed by atoms with Gasteiger partial charge in [-0.1, -0.05) is 69.5 Å². The number of benzene rings is 3. The van der Waals surface area contributed by atoms with Gasteiger partial charge in [-0.2, -0.15) is 11.8 Å². The quantitative estimate of drug-likeness (QED) is 0.295. The third-order valence-electron chi connectivity index (χ3n) is 4.59. The van der Waals surface area contributed by atoms with Crippen LogP contribution in [-0.2, 0) is 20.6 Å². The van der Waals surface area contributed by atoms with Crippen LogP contribution >= 0.6 is 50.9 Å². The average Bonchev–Trinajstić information content (AvgIpc) is 2.79. The monoisotopic (exact) mass is 586 g/mol. The molecule has 5 nitrogen and oxygen atoms in total. The minimum absolute atomic E-state index is 0.116. The van der Waals surface area contributed by atoms with Gasteiger partial charge in [-0.3, -0.25) is 9.10 Å². The highest BCUT2D eigenvalue weighted by atomic mass is 79.9. The highest BCUT2D eigenvalue weighted by molar-refractivity contribution is 9.10. The van der Waals surface area contributed by atoms with Gasteiger partial charge < -0.3 is 5.32 Å². The average molecular weight is 588 g/mol. The molecule has 0 aliphatic rings. The number of hydrogen-bond donors (Lipinski definition) is 1. The number of anilines is 1. The summed E-state index contributed by atoms with van der Waals surface area (Å²) in [4.78, 5) is 12.8. The molecule has 0 fully saturated rings. The zero-order valence-electron chi connectivity index (χ0n) is 17.4. The highest BCUT2D eigenvalue weighted by Gasteiger charge is 2.27. The first kappa shape index (κ1) is 25.9. The van der Waals surface area contributed by atoms with Crippen molar-refractivity contribution in [2.75, 3.05) is 23.1 Å². The van der Waals surface area contributed by atoms with Crippen LogP contribution in [-0.4, -0.2) is 33.2 Å². The SMILES string of the molecule is O=C(CN(c1cccc(Br)c1)S(=O)(=O)c1ccccc1)NCCSCc1c(Cl)cccc1Cl. The number of carbonyl (C=O) groups excluding carboxylic acids is 1. The number of halogens is 3. The second-order valence-electron chi connectivity index (χ2n) is 6.91. The summed E-state index contributed by atoms with van der Waals surface area (Å²) < 4.78 is 28.4. The molecule has 0 unspecified atom stereocenters. The summed E-state index contributed by atoms with van der Waals surface area (Å²) >= 11 is 17.3. The van der Waals surface area contributed by atoms with Crippen molar-refractivity contribution in [3.05, 3.63) is 92.9 Å². The molecular weight excluding hydrogens is 567 g/mol. The van der Waals surface area contributed by atoms with Gasteiger partial charge in [0, 0.05) is 32.6 Å². The first-order valence-corrected chi connectivity index (χ1v) is 14.0. The van der Waals surface area contributed by atoms with Crippen LogP contribution in [0.25, 0.3) is 0 Å². The normalized spacial score (nSPS) is 11.2. The van der Waals surface area contributed by atoms with Crippen molar-refractivity contribution in [1.29, 1.82) is 0 Å². The van der Waals surface area contributed by atoms with Gasteiger partial charge in [-0.15, -0.1) is 0 Å². The van der Waals surface area contributed by atoms with Gasteiger partial charge in [0.2, 0.25) is 5.91 Å². The van der Waals surface area contributed by atoms with E-state index in [0.29, 0.717) is 38.3 Å². The molecule has 0 aliphatic carbocycles. The molecule has 0 atom stereocenters. The van der Waals surface area contributed by atoms with Gasteiger partial charge in [0.15, 0.2) is 0 Å². The summed E-state index contributed by atoms with van der Waals surface area (Å²) in [6, 6.07) is 20.2. The summed E-state index contributed by atoms with van der Waals surface area (Å²) in [6.07, 6.45) is 0. The topological polar surface area (TPSA) is 66.5 Å². The molecule has 3 aromatic carbocycles. The van der Waals surface area contributed by atoms with Crippen LogP contribution in [0.3, 0.4) is 0 Å². The maximum absolute atomic E-state index is 13.3. The van der Waals surface area contributed by atoms with E-state index in [1.165, 1.54) is 12.1 Å². The van der Waals surface area contributed by atoms with Gasteiger partial charge in [0.25, 0.3) is 10.0 Å². The molecule has 174 valence electrons. The van der Waals surface area contributed by atoms with Crippen LogP contribution in [0.2, 0.25) is 10.0 Å². The third kappa shape index (κ3) is 7.13. The lowest BCUT2D eigenvalue weighted by atomic mass is 10.2. The van der Waals surface area contributed by atoms with Crippen molar-refractivity contribution < 1.29 is 13.2 Å².